The van der Waals surface area contributed by atoms with E-state index in [2.05, 4.69) is 4.98 Å². The Bertz CT molecular complexity index is 522. The lowest BCUT2D eigenvalue weighted by atomic mass is 9.79. The monoisotopic (exact) mass is 234 g/mol. The maximum Gasteiger partial charge on any atom is 0.511 e. The summed E-state index contributed by atoms with van der Waals surface area (Å²) < 4.78 is 37.5. The predicted octanol–water partition coefficient (Wildman–Crippen LogP) is 2.58. The molecule has 0 bridgehead atoms. The highest BCUT2D eigenvalue weighted by Crippen LogP contribution is 2.24. The molecule has 0 atom stereocenters. The van der Waals surface area contributed by atoms with Crippen molar-refractivity contribution in [2.75, 3.05) is 0 Å². The third-order valence-corrected chi connectivity index (χ3v) is 2.40. The molecule has 0 radical (unpaired) electrons. The van der Waals surface area contributed by atoms with Crippen molar-refractivity contribution in [2.45, 2.75) is 0 Å². The van der Waals surface area contributed by atoms with Gasteiger partial charge in [0.25, 0.3) is 0 Å². The highest BCUT2D eigenvalue weighted by molar-refractivity contribution is 6.76. The lowest BCUT2D eigenvalue weighted by molar-refractivity contribution is 0.458. The van der Waals surface area contributed by atoms with Crippen molar-refractivity contribution in [1.29, 1.82) is 0 Å². The van der Waals surface area contributed by atoms with Gasteiger partial charge >= 0.3 is 6.98 Å². The van der Waals surface area contributed by atoms with Gasteiger partial charge in [0.1, 0.15) is 0 Å². The van der Waals surface area contributed by atoms with E-state index in [1.54, 1.807) is 0 Å². The lowest BCUT2D eigenvalue weighted by Gasteiger charge is -2.16. The number of aromatic hydroxyl groups is 1. The van der Waals surface area contributed by atoms with Gasteiger partial charge in [-0.1, -0.05) is 23.1 Å². The zero-order valence-electron chi connectivity index (χ0n) is 7.27. The molecule has 2 nitrogen and oxygen atoms in total. The lowest BCUT2D eigenvalue weighted by Crippen LogP contribution is -2.34. The number of fused-ring (bicyclic) bond motifs is 1. The number of hydrogen-bond donors (Lipinski definition) is 2. The van der Waals surface area contributed by atoms with E-state index in [9.17, 15) is 12.9 Å². The molecule has 2 aromatic rings. The van der Waals surface area contributed by atoms with Crippen molar-refractivity contribution >= 4 is 34.9 Å². The van der Waals surface area contributed by atoms with Gasteiger partial charge in [0, 0.05) is 22.0 Å². The van der Waals surface area contributed by atoms with E-state index >= 15 is 0 Å². The molecule has 2 rings (SSSR count). The molecule has 0 fully saturated rings. The molecule has 0 saturated heterocycles. The average molecular weight is 234 g/mol. The molecule has 2 N–H and O–H groups in total. The summed E-state index contributed by atoms with van der Waals surface area (Å²) in [6, 6.07) is 3.30. The Morgan fingerprint density at radius 2 is 1.87 bits per heavy atom. The zero-order chi connectivity index (χ0) is 11.2. The fourth-order valence-electron chi connectivity index (χ4n) is 1.41. The maximum absolute atomic E-state index is 12.5. The summed E-state index contributed by atoms with van der Waals surface area (Å²) in [7, 11) is 0. The van der Waals surface area contributed by atoms with Crippen LogP contribution in [0.3, 0.4) is 0 Å². The number of benzene rings is 1. The molecule has 80 valence electrons. The second-order valence-corrected chi connectivity index (χ2v) is 3.60. The second kappa shape index (κ2) is 3.10. The van der Waals surface area contributed by atoms with Crippen LogP contribution in [0.15, 0.2) is 18.2 Å². The Kier molecular flexibility index (Phi) is 2.11. The number of H-pyrrole nitrogens is 1. The van der Waals surface area contributed by atoms with Gasteiger partial charge in [-0.3, -0.25) is 0 Å². The van der Waals surface area contributed by atoms with Crippen molar-refractivity contribution in [3.8, 4) is 5.88 Å². The van der Waals surface area contributed by atoms with Gasteiger partial charge in [-0.05, 0) is 6.07 Å². The summed E-state index contributed by atoms with van der Waals surface area (Å²) in [5.74, 6) is -0.187. The molecule has 1 aromatic heterocycles. The highest BCUT2D eigenvalue weighted by atomic mass is 35.5. The van der Waals surface area contributed by atoms with Crippen LogP contribution in [-0.4, -0.2) is 17.1 Å². The predicted molar refractivity (Wildman–Crippen MR) is 53.7 cm³/mol. The van der Waals surface area contributed by atoms with E-state index in [1.165, 1.54) is 6.07 Å². The van der Waals surface area contributed by atoms with Crippen molar-refractivity contribution in [2.24, 2.45) is 0 Å². The van der Waals surface area contributed by atoms with Crippen LogP contribution in [0.4, 0.5) is 12.9 Å². The summed E-state index contributed by atoms with van der Waals surface area (Å²) in [6.07, 6.45) is 0. The number of aromatic amines is 1. The minimum absolute atomic E-state index is 0.187. The van der Waals surface area contributed by atoms with E-state index in [4.69, 9.17) is 16.7 Å². The molecule has 0 aliphatic carbocycles. The minimum Gasteiger partial charge on any atom is -0.495 e. The number of nitrogens with one attached hydrogen (secondary N) is 1. The Hall–Kier alpha value is -1.30. The average Bonchev–Trinajstić information content (AvgIpc) is 2.40. The van der Waals surface area contributed by atoms with Gasteiger partial charge in [0.05, 0.1) is 0 Å². The van der Waals surface area contributed by atoms with Crippen molar-refractivity contribution in [3.63, 3.8) is 0 Å². The van der Waals surface area contributed by atoms with Gasteiger partial charge in [-0.2, -0.15) is 0 Å². The van der Waals surface area contributed by atoms with Crippen LogP contribution >= 0.6 is 11.6 Å². The zero-order valence-corrected chi connectivity index (χ0v) is 8.02. The first-order chi connectivity index (χ1) is 6.88. The third kappa shape index (κ3) is 1.77. The van der Waals surface area contributed by atoms with Gasteiger partial charge in [0.15, 0.2) is 5.88 Å². The fourth-order valence-corrected chi connectivity index (χ4v) is 1.69. The Morgan fingerprint density at radius 3 is 2.47 bits per heavy atom. The molecule has 1 aromatic carbocycles. The van der Waals surface area contributed by atoms with Gasteiger partial charge in [0.2, 0.25) is 0 Å². The molecule has 0 unspecified atom stereocenters. The summed E-state index contributed by atoms with van der Waals surface area (Å²) >= 11 is 5.49. The summed E-state index contributed by atoms with van der Waals surface area (Å²) in [5, 5.41) is 8.99. The molecule has 0 aliphatic heterocycles. The van der Waals surface area contributed by atoms with Crippen molar-refractivity contribution < 1.29 is 18.1 Å². The standard InChI is InChI=1S/C8H5BClF3NO/c10-6-3-7-4(2-8(15)14-7)1-5(6)9(11,12)13/h1-3,14-15H/q-1. The second-order valence-electron chi connectivity index (χ2n) is 3.19. The molecule has 0 saturated carbocycles. The molecule has 1 heterocycles. The molecule has 15 heavy (non-hydrogen) atoms. The molecule has 7 heteroatoms. The van der Waals surface area contributed by atoms with Crippen LogP contribution in [0, 0.1) is 0 Å². The van der Waals surface area contributed by atoms with Crippen LogP contribution < -0.4 is 5.46 Å². The highest BCUT2D eigenvalue weighted by Gasteiger charge is 2.28. The first-order valence-corrected chi connectivity index (χ1v) is 4.47. The SMILES string of the molecule is Oc1cc2cc([B-](F)(F)F)c(Cl)cc2[nH]1. The van der Waals surface area contributed by atoms with Crippen molar-refractivity contribution in [1.82, 2.24) is 4.98 Å². The molecular weight excluding hydrogens is 229 g/mol. The van der Waals surface area contributed by atoms with E-state index in [-0.39, 0.29) is 16.3 Å². The number of rotatable bonds is 1. The molecule has 0 spiro atoms. The fraction of sp³-hybridized carbons (Fsp3) is 0. The normalized spacial score (nSPS) is 12.3. The Morgan fingerprint density at radius 1 is 1.20 bits per heavy atom. The smallest absolute Gasteiger partial charge is 0.495 e. The largest absolute Gasteiger partial charge is 0.511 e. The number of halogens is 4. The molecule has 0 aliphatic rings. The van der Waals surface area contributed by atoms with E-state index in [0.29, 0.717) is 5.52 Å². The van der Waals surface area contributed by atoms with Crippen LogP contribution in [0.5, 0.6) is 5.88 Å². The maximum atomic E-state index is 12.5. The first-order valence-electron chi connectivity index (χ1n) is 4.09. The quantitative estimate of drug-likeness (QED) is 0.731. The molecule has 0 amide bonds. The molecular formula is C8H5BClF3NO-. The van der Waals surface area contributed by atoms with E-state index in [1.807, 2.05) is 0 Å². The van der Waals surface area contributed by atoms with Crippen LogP contribution in [0.1, 0.15) is 0 Å². The van der Waals surface area contributed by atoms with Crippen LogP contribution in [0.25, 0.3) is 10.9 Å². The topological polar surface area (TPSA) is 36.0 Å². The third-order valence-electron chi connectivity index (χ3n) is 2.08. The van der Waals surface area contributed by atoms with E-state index in [0.717, 1.165) is 12.1 Å². The van der Waals surface area contributed by atoms with Crippen LogP contribution in [0.2, 0.25) is 5.02 Å². The van der Waals surface area contributed by atoms with Gasteiger partial charge in [-0.15, -0.1) is 0 Å². The Labute approximate surface area is 87.7 Å². The number of hydrogen-bond acceptors (Lipinski definition) is 1. The van der Waals surface area contributed by atoms with Gasteiger partial charge in [-0.25, -0.2) is 0 Å². The Balaban J connectivity index is 2.72. The minimum atomic E-state index is -5.13. The summed E-state index contributed by atoms with van der Waals surface area (Å²) in [5.41, 5.74) is -0.468. The first kappa shape index (κ1) is 10.2. The summed E-state index contributed by atoms with van der Waals surface area (Å²) in [4.78, 5) is 2.49. The van der Waals surface area contributed by atoms with Crippen molar-refractivity contribution in [3.05, 3.63) is 23.2 Å². The van der Waals surface area contributed by atoms with E-state index < -0.39 is 12.4 Å². The number of aromatic nitrogens is 1. The summed E-state index contributed by atoms with van der Waals surface area (Å²) in [6.45, 7) is -5.13. The van der Waals surface area contributed by atoms with Crippen LogP contribution in [-0.2, 0) is 0 Å². The van der Waals surface area contributed by atoms with Gasteiger partial charge < -0.3 is 23.0 Å².